The summed E-state index contributed by atoms with van der Waals surface area (Å²) in [6.45, 7) is 6.71. The van der Waals surface area contributed by atoms with Gasteiger partial charge in [0.25, 0.3) is 0 Å². The van der Waals surface area contributed by atoms with Crippen LogP contribution in [0.4, 0.5) is 0 Å². The Hall–Kier alpha value is -1.35. The van der Waals surface area contributed by atoms with Crippen molar-refractivity contribution in [2.24, 2.45) is 5.41 Å². The summed E-state index contributed by atoms with van der Waals surface area (Å²) >= 11 is 5.97. The number of aliphatic carboxylic acids is 1. The molecule has 0 aromatic heterocycles. The number of hydrogen-bond acceptors (Lipinski definition) is 2. The van der Waals surface area contributed by atoms with Gasteiger partial charge in [-0.05, 0) is 51.0 Å². The number of aryl methyl sites for hydroxylation is 2. The Balaban J connectivity index is 3.06. The molecule has 0 aliphatic carbocycles. The SMILES string of the molecule is Cc1cc(C(=O)CC(C)(C)C(=O)O)c(C)cc1Cl. The number of carbonyl (C=O) groups is 2. The molecule has 0 amide bonds. The largest absolute Gasteiger partial charge is 0.481 e. The van der Waals surface area contributed by atoms with Gasteiger partial charge in [0, 0.05) is 17.0 Å². The minimum Gasteiger partial charge on any atom is -0.481 e. The van der Waals surface area contributed by atoms with Gasteiger partial charge in [0.15, 0.2) is 5.78 Å². The zero-order valence-corrected chi connectivity index (χ0v) is 11.8. The second-order valence-electron chi connectivity index (χ2n) is 5.21. The van der Waals surface area contributed by atoms with E-state index >= 15 is 0 Å². The topological polar surface area (TPSA) is 54.4 Å². The molecule has 1 rings (SSSR count). The average molecular weight is 269 g/mol. The van der Waals surface area contributed by atoms with Crippen molar-refractivity contribution < 1.29 is 14.7 Å². The van der Waals surface area contributed by atoms with E-state index in [0.29, 0.717) is 10.6 Å². The van der Waals surface area contributed by atoms with Crippen molar-refractivity contribution in [1.82, 2.24) is 0 Å². The molecule has 0 saturated carbocycles. The highest BCUT2D eigenvalue weighted by Gasteiger charge is 2.31. The van der Waals surface area contributed by atoms with Crippen molar-refractivity contribution in [3.8, 4) is 0 Å². The van der Waals surface area contributed by atoms with Gasteiger partial charge in [-0.15, -0.1) is 0 Å². The molecule has 98 valence electrons. The number of rotatable bonds is 4. The van der Waals surface area contributed by atoms with E-state index in [2.05, 4.69) is 0 Å². The lowest BCUT2D eigenvalue weighted by atomic mass is 9.84. The normalized spacial score (nSPS) is 11.4. The van der Waals surface area contributed by atoms with Gasteiger partial charge in [-0.2, -0.15) is 0 Å². The van der Waals surface area contributed by atoms with Crippen LogP contribution in [0.3, 0.4) is 0 Å². The molecule has 1 aromatic carbocycles. The number of carboxylic acids is 1. The second-order valence-corrected chi connectivity index (χ2v) is 5.61. The monoisotopic (exact) mass is 268 g/mol. The average Bonchev–Trinajstić information content (AvgIpc) is 2.22. The summed E-state index contributed by atoms with van der Waals surface area (Å²) in [6, 6.07) is 3.45. The van der Waals surface area contributed by atoms with Crippen LogP contribution in [0.25, 0.3) is 0 Å². The van der Waals surface area contributed by atoms with Crippen LogP contribution in [0.1, 0.15) is 41.8 Å². The molecule has 1 N–H and O–H groups in total. The van der Waals surface area contributed by atoms with Gasteiger partial charge in [0.1, 0.15) is 0 Å². The highest BCUT2D eigenvalue weighted by Crippen LogP contribution is 2.26. The summed E-state index contributed by atoms with van der Waals surface area (Å²) in [5, 5.41) is 9.64. The summed E-state index contributed by atoms with van der Waals surface area (Å²) in [4.78, 5) is 23.2. The molecule has 0 aliphatic heterocycles. The maximum atomic E-state index is 12.1. The fourth-order valence-electron chi connectivity index (χ4n) is 1.65. The Morgan fingerprint density at radius 1 is 1.22 bits per heavy atom. The first-order valence-corrected chi connectivity index (χ1v) is 6.06. The van der Waals surface area contributed by atoms with Gasteiger partial charge in [-0.1, -0.05) is 11.6 Å². The van der Waals surface area contributed by atoms with Crippen molar-refractivity contribution >= 4 is 23.4 Å². The van der Waals surface area contributed by atoms with Gasteiger partial charge >= 0.3 is 5.97 Å². The molecular weight excluding hydrogens is 252 g/mol. The summed E-state index contributed by atoms with van der Waals surface area (Å²) in [7, 11) is 0. The predicted octanol–water partition coefficient (Wildman–Crippen LogP) is 3.64. The number of carboxylic acid groups (broad SMARTS) is 1. The van der Waals surface area contributed by atoms with E-state index in [1.165, 1.54) is 0 Å². The lowest BCUT2D eigenvalue weighted by Crippen LogP contribution is -2.27. The maximum absolute atomic E-state index is 12.1. The van der Waals surface area contributed by atoms with E-state index < -0.39 is 11.4 Å². The van der Waals surface area contributed by atoms with E-state index in [9.17, 15) is 9.59 Å². The van der Waals surface area contributed by atoms with E-state index in [4.69, 9.17) is 16.7 Å². The van der Waals surface area contributed by atoms with Crippen molar-refractivity contribution in [2.45, 2.75) is 34.1 Å². The summed E-state index contributed by atoms with van der Waals surface area (Å²) in [5.74, 6) is -1.14. The van der Waals surface area contributed by atoms with Gasteiger partial charge in [-0.3, -0.25) is 9.59 Å². The molecule has 0 atom stereocenters. The van der Waals surface area contributed by atoms with Crippen LogP contribution in [0.5, 0.6) is 0 Å². The van der Waals surface area contributed by atoms with Crippen molar-refractivity contribution in [3.05, 3.63) is 33.8 Å². The fraction of sp³-hybridized carbons (Fsp3) is 0.429. The third-order valence-corrected chi connectivity index (χ3v) is 3.39. The van der Waals surface area contributed by atoms with Crippen LogP contribution < -0.4 is 0 Å². The molecule has 4 heteroatoms. The Bertz CT molecular complexity index is 504. The quantitative estimate of drug-likeness (QED) is 0.848. The highest BCUT2D eigenvalue weighted by molar-refractivity contribution is 6.31. The minimum absolute atomic E-state index is 0.0236. The molecule has 0 spiro atoms. The van der Waals surface area contributed by atoms with Gasteiger partial charge in [-0.25, -0.2) is 0 Å². The third-order valence-electron chi connectivity index (χ3n) is 2.99. The van der Waals surface area contributed by atoms with Crippen LogP contribution in [0.15, 0.2) is 12.1 Å². The fourth-order valence-corrected chi connectivity index (χ4v) is 1.87. The van der Waals surface area contributed by atoms with Gasteiger partial charge < -0.3 is 5.11 Å². The van der Waals surface area contributed by atoms with Crippen molar-refractivity contribution in [1.29, 1.82) is 0 Å². The number of ketones is 1. The number of carbonyl (C=O) groups excluding carboxylic acids is 1. The number of benzene rings is 1. The van der Waals surface area contributed by atoms with Gasteiger partial charge in [0.2, 0.25) is 0 Å². The molecule has 0 bridgehead atoms. The Labute approximate surface area is 112 Å². The van der Waals surface area contributed by atoms with E-state index in [1.54, 1.807) is 32.9 Å². The van der Waals surface area contributed by atoms with Crippen LogP contribution in [-0.4, -0.2) is 16.9 Å². The summed E-state index contributed by atoms with van der Waals surface area (Å²) in [6.07, 6.45) is -0.0236. The van der Waals surface area contributed by atoms with Crippen LogP contribution in [-0.2, 0) is 4.79 Å². The standard InChI is InChI=1S/C14H17ClO3/c1-8-6-11(15)9(2)5-10(8)12(16)7-14(3,4)13(17)18/h5-6H,7H2,1-4H3,(H,17,18). The smallest absolute Gasteiger partial charge is 0.309 e. The molecule has 0 radical (unpaired) electrons. The minimum atomic E-state index is -1.06. The molecule has 1 aromatic rings. The Morgan fingerprint density at radius 2 is 1.78 bits per heavy atom. The van der Waals surface area contributed by atoms with Gasteiger partial charge in [0.05, 0.1) is 5.41 Å². The maximum Gasteiger partial charge on any atom is 0.309 e. The van der Waals surface area contributed by atoms with Crippen LogP contribution in [0, 0.1) is 19.3 Å². The third kappa shape index (κ3) is 3.10. The first-order valence-electron chi connectivity index (χ1n) is 5.68. The molecule has 0 fully saturated rings. The van der Waals surface area contributed by atoms with Crippen LogP contribution >= 0.6 is 11.6 Å². The summed E-state index contributed by atoms with van der Waals surface area (Å²) < 4.78 is 0. The molecule has 0 aliphatic rings. The Kier molecular flexibility index (Phi) is 4.17. The van der Waals surface area contributed by atoms with E-state index in [0.717, 1.165) is 11.1 Å². The van der Waals surface area contributed by atoms with Crippen molar-refractivity contribution in [3.63, 3.8) is 0 Å². The van der Waals surface area contributed by atoms with E-state index in [1.807, 2.05) is 6.92 Å². The molecular formula is C14H17ClO3. The van der Waals surface area contributed by atoms with Crippen molar-refractivity contribution in [2.75, 3.05) is 0 Å². The van der Waals surface area contributed by atoms with E-state index in [-0.39, 0.29) is 12.2 Å². The molecule has 0 heterocycles. The number of halogens is 1. The van der Waals surface area contributed by atoms with Crippen LogP contribution in [0.2, 0.25) is 5.02 Å². The lowest BCUT2D eigenvalue weighted by Gasteiger charge is -2.18. The predicted molar refractivity (Wildman–Crippen MR) is 71.3 cm³/mol. The number of Topliss-reactive ketones (excluding diaryl/α,β-unsaturated/α-hetero) is 1. The molecule has 3 nitrogen and oxygen atoms in total. The first-order chi connectivity index (χ1) is 8.15. The molecule has 0 unspecified atom stereocenters. The summed E-state index contributed by atoms with van der Waals surface area (Å²) in [5.41, 5.74) is 1.08. The zero-order chi connectivity index (χ0) is 14.1. The zero-order valence-electron chi connectivity index (χ0n) is 11.0. The number of hydrogen-bond donors (Lipinski definition) is 1. The molecule has 18 heavy (non-hydrogen) atoms. The lowest BCUT2D eigenvalue weighted by molar-refractivity contribution is -0.146. The Morgan fingerprint density at radius 3 is 2.28 bits per heavy atom. The second kappa shape index (κ2) is 5.11. The highest BCUT2D eigenvalue weighted by atomic mass is 35.5. The molecule has 0 saturated heterocycles. The first kappa shape index (κ1) is 14.7.